The van der Waals surface area contributed by atoms with Gasteiger partial charge in [0, 0.05) is 11.8 Å². The van der Waals surface area contributed by atoms with Crippen LogP contribution in [0.15, 0.2) is 0 Å². The molecule has 3 fully saturated rings. The summed E-state index contributed by atoms with van der Waals surface area (Å²) in [5.74, 6) is 0.0775. The molecular weight excluding hydrogens is 364 g/mol. The second-order valence-corrected chi connectivity index (χ2v) is 9.30. The predicted octanol–water partition coefficient (Wildman–Crippen LogP) is 1.11. The van der Waals surface area contributed by atoms with Gasteiger partial charge >= 0.3 is 0 Å². The van der Waals surface area contributed by atoms with Gasteiger partial charge in [-0.25, -0.2) is 0 Å². The van der Waals surface area contributed by atoms with Crippen LogP contribution in [-0.2, 0) is 14.4 Å². The molecule has 8 heteroatoms. The number of carbonyl (C=O) groups is 3. The standard InChI is InChI=1S/C19H32N4O3S/c20-11-16(24)21-12-17(25)23-15(13-27-19(23)9-5-2-6-10-19)18(26)22-14-7-3-1-4-8-14/h14-15H,1-13,20H2,(H,21,24)(H,22,26)/t15-/m0/s1. The minimum Gasteiger partial charge on any atom is -0.352 e. The molecule has 7 nitrogen and oxygen atoms in total. The third-order valence-electron chi connectivity index (χ3n) is 6.04. The zero-order valence-electron chi connectivity index (χ0n) is 16.0. The molecule has 4 N–H and O–H groups in total. The fourth-order valence-electron chi connectivity index (χ4n) is 4.62. The van der Waals surface area contributed by atoms with Crippen molar-refractivity contribution in [3.63, 3.8) is 0 Å². The van der Waals surface area contributed by atoms with E-state index in [2.05, 4.69) is 10.6 Å². The predicted molar refractivity (Wildman–Crippen MR) is 106 cm³/mol. The zero-order chi connectivity index (χ0) is 19.3. The molecule has 0 unspecified atom stereocenters. The Hall–Kier alpha value is -1.28. The van der Waals surface area contributed by atoms with Gasteiger partial charge in [0.1, 0.15) is 6.04 Å². The summed E-state index contributed by atoms with van der Waals surface area (Å²) in [5.41, 5.74) is 5.32. The normalized spacial score (nSPS) is 25.4. The summed E-state index contributed by atoms with van der Waals surface area (Å²) in [7, 11) is 0. The lowest BCUT2D eigenvalue weighted by molar-refractivity contribution is -0.143. The van der Waals surface area contributed by atoms with Gasteiger partial charge in [-0.2, -0.15) is 0 Å². The van der Waals surface area contributed by atoms with E-state index in [1.807, 2.05) is 0 Å². The monoisotopic (exact) mass is 396 g/mol. The Bertz CT molecular complexity index is 559. The number of nitrogens with zero attached hydrogens (tertiary/aromatic N) is 1. The summed E-state index contributed by atoms with van der Waals surface area (Å²) in [6.45, 7) is -0.232. The smallest absolute Gasteiger partial charge is 0.243 e. The third kappa shape index (κ3) is 4.77. The van der Waals surface area contributed by atoms with E-state index in [-0.39, 0.29) is 41.7 Å². The van der Waals surface area contributed by atoms with E-state index in [0.29, 0.717) is 5.75 Å². The molecule has 0 aromatic heterocycles. The maximum absolute atomic E-state index is 13.0. The van der Waals surface area contributed by atoms with Crippen molar-refractivity contribution in [1.29, 1.82) is 0 Å². The van der Waals surface area contributed by atoms with Crippen molar-refractivity contribution < 1.29 is 14.4 Å². The van der Waals surface area contributed by atoms with Crippen LogP contribution in [0.1, 0.15) is 64.2 Å². The first-order valence-electron chi connectivity index (χ1n) is 10.3. The number of carbonyl (C=O) groups excluding carboxylic acids is 3. The largest absolute Gasteiger partial charge is 0.352 e. The van der Waals surface area contributed by atoms with E-state index in [1.54, 1.807) is 16.7 Å². The first kappa shape index (κ1) is 20.5. The number of nitrogens with two attached hydrogens (primary N) is 1. The van der Waals surface area contributed by atoms with Crippen molar-refractivity contribution in [2.24, 2.45) is 5.73 Å². The van der Waals surface area contributed by atoms with Crippen LogP contribution < -0.4 is 16.4 Å². The topological polar surface area (TPSA) is 105 Å². The number of rotatable bonds is 5. The lowest BCUT2D eigenvalue weighted by Crippen LogP contribution is -2.58. The van der Waals surface area contributed by atoms with Gasteiger partial charge in [-0.15, -0.1) is 11.8 Å². The van der Waals surface area contributed by atoms with Gasteiger partial charge in [0.15, 0.2) is 0 Å². The molecule has 1 aliphatic heterocycles. The van der Waals surface area contributed by atoms with Gasteiger partial charge in [0.05, 0.1) is 18.0 Å². The number of hydrogen-bond acceptors (Lipinski definition) is 5. The van der Waals surface area contributed by atoms with Crippen LogP contribution >= 0.6 is 11.8 Å². The molecule has 0 aromatic carbocycles. The molecule has 0 radical (unpaired) electrons. The first-order chi connectivity index (χ1) is 13.1. The van der Waals surface area contributed by atoms with Gasteiger partial charge in [-0.3, -0.25) is 14.4 Å². The van der Waals surface area contributed by atoms with Gasteiger partial charge in [0.25, 0.3) is 0 Å². The van der Waals surface area contributed by atoms with Crippen molar-refractivity contribution in [3.8, 4) is 0 Å². The minimum atomic E-state index is -0.447. The Balaban J connectivity index is 1.71. The van der Waals surface area contributed by atoms with Gasteiger partial charge < -0.3 is 21.3 Å². The van der Waals surface area contributed by atoms with Gasteiger partial charge in [-0.1, -0.05) is 38.5 Å². The fourth-order valence-corrected chi connectivity index (χ4v) is 6.34. The van der Waals surface area contributed by atoms with Crippen molar-refractivity contribution in [3.05, 3.63) is 0 Å². The van der Waals surface area contributed by atoms with Crippen LogP contribution in [0, 0.1) is 0 Å². The van der Waals surface area contributed by atoms with E-state index in [0.717, 1.165) is 51.4 Å². The maximum atomic E-state index is 13.0. The van der Waals surface area contributed by atoms with Gasteiger partial charge in [0.2, 0.25) is 17.7 Å². The number of amides is 3. The van der Waals surface area contributed by atoms with Crippen LogP contribution in [-0.4, -0.2) is 58.4 Å². The van der Waals surface area contributed by atoms with Crippen LogP contribution in [0.5, 0.6) is 0 Å². The van der Waals surface area contributed by atoms with Gasteiger partial charge in [-0.05, 0) is 25.7 Å². The highest BCUT2D eigenvalue weighted by Crippen LogP contribution is 2.49. The average Bonchev–Trinajstić information content (AvgIpc) is 3.05. The molecule has 3 aliphatic rings. The lowest BCUT2D eigenvalue weighted by Gasteiger charge is -2.42. The van der Waals surface area contributed by atoms with Crippen LogP contribution in [0.25, 0.3) is 0 Å². The maximum Gasteiger partial charge on any atom is 0.243 e. The second kappa shape index (κ2) is 9.28. The highest BCUT2D eigenvalue weighted by atomic mass is 32.2. The molecule has 3 rings (SSSR count). The lowest BCUT2D eigenvalue weighted by atomic mass is 9.92. The van der Waals surface area contributed by atoms with Crippen LogP contribution in [0.4, 0.5) is 0 Å². The summed E-state index contributed by atoms with van der Waals surface area (Å²) in [6, 6.07) is -0.217. The molecule has 0 bridgehead atoms. The number of thioether (sulfide) groups is 1. The molecule has 3 amide bonds. The summed E-state index contributed by atoms with van der Waals surface area (Å²) in [5, 5.41) is 5.77. The van der Waals surface area contributed by atoms with Crippen LogP contribution in [0.3, 0.4) is 0 Å². The molecule has 1 saturated heterocycles. The van der Waals surface area contributed by atoms with Crippen molar-refractivity contribution >= 4 is 29.5 Å². The Kier molecular flexibility index (Phi) is 7.03. The Morgan fingerprint density at radius 3 is 2.37 bits per heavy atom. The summed E-state index contributed by atoms with van der Waals surface area (Å²) in [6.07, 6.45) is 10.8. The van der Waals surface area contributed by atoms with E-state index in [1.165, 1.54) is 12.8 Å². The highest BCUT2D eigenvalue weighted by molar-refractivity contribution is 8.01. The molecule has 0 aromatic rings. The third-order valence-corrected chi connectivity index (χ3v) is 7.67. The van der Waals surface area contributed by atoms with Crippen LogP contribution in [0.2, 0.25) is 0 Å². The SMILES string of the molecule is NCC(=O)NCC(=O)N1[C@H](C(=O)NC2CCCCC2)CSC12CCCCC2. The number of hydrogen-bond donors (Lipinski definition) is 3. The molecule has 27 heavy (non-hydrogen) atoms. The molecule has 1 spiro atoms. The van der Waals surface area contributed by atoms with E-state index < -0.39 is 6.04 Å². The van der Waals surface area contributed by atoms with Crippen molar-refractivity contribution in [2.45, 2.75) is 81.2 Å². The number of nitrogens with one attached hydrogen (secondary N) is 2. The molecule has 152 valence electrons. The Labute approximate surface area is 165 Å². The zero-order valence-corrected chi connectivity index (χ0v) is 16.8. The summed E-state index contributed by atoms with van der Waals surface area (Å²) >= 11 is 1.75. The fraction of sp³-hybridized carbons (Fsp3) is 0.842. The minimum absolute atomic E-state index is 0.0321. The first-order valence-corrected chi connectivity index (χ1v) is 11.3. The summed E-state index contributed by atoms with van der Waals surface area (Å²) in [4.78, 5) is 39.0. The van der Waals surface area contributed by atoms with E-state index in [4.69, 9.17) is 5.73 Å². The van der Waals surface area contributed by atoms with E-state index in [9.17, 15) is 14.4 Å². The van der Waals surface area contributed by atoms with Crippen molar-refractivity contribution in [1.82, 2.24) is 15.5 Å². The van der Waals surface area contributed by atoms with E-state index >= 15 is 0 Å². The molecule has 1 atom stereocenters. The second-order valence-electron chi connectivity index (χ2n) is 7.92. The molecule has 2 aliphatic carbocycles. The average molecular weight is 397 g/mol. The Morgan fingerprint density at radius 2 is 1.70 bits per heavy atom. The quantitative estimate of drug-likeness (QED) is 0.646. The Morgan fingerprint density at radius 1 is 1.04 bits per heavy atom. The highest BCUT2D eigenvalue weighted by Gasteiger charge is 2.52. The summed E-state index contributed by atoms with van der Waals surface area (Å²) < 4.78 is 0. The molecule has 2 saturated carbocycles. The molecule has 1 heterocycles. The van der Waals surface area contributed by atoms with Crippen molar-refractivity contribution in [2.75, 3.05) is 18.8 Å². The molecular formula is C19H32N4O3S.